The topological polar surface area (TPSA) is 17.8 Å². The molecule has 0 saturated heterocycles. The molecular weight excluding hydrogens is 244 g/mol. The summed E-state index contributed by atoms with van der Waals surface area (Å²) in [4.78, 5) is 4.69. The maximum absolute atomic E-state index is 6.28. The van der Waals surface area contributed by atoms with Gasteiger partial charge in [0.15, 0.2) is 0 Å². The number of rotatable bonds is 2. The molecule has 0 spiro atoms. The molecule has 1 unspecified atom stereocenters. The fraction of sp³-hybridized carbons (Fsp3) is 0.533. The Bertz CT molecular complexity index is 562. The summed E-state index contributed by atoms with van der Waals surface area (Å²) >= 11 is 6.28. The predicted molar refractivity (Wildman–Crippen MR) is 78.2 cm³/mol. The summed E-state index contributed by atoms with van der Waals surface area (Å²) in [5, 5.41) is -0.0702. The maximum Gasteiger partial charge on any atom is 0.127 e. The Labute approximate surface area is 114 Å². The lowest BCUT2D eigenvalue weighted by molar-refractivity contribution is 0.343. The zero-order valence-corrected chi connectivity index (χ0v) is 12.5. The number of nitrogens with zero attached hydrogens (tertiary/aromatic N) is 2. The van der Waals surface area contributed by atoms with Crippen LogP contribution in [0, 0.1) is 12.3 Å². The molecule has 2 aromatic rings. The summed E-state index contributed by atoms with van der Waals surface area (Å²) < 4.78 is 2.28. The molecule has 0 amide bonds. The Hall–Kier alpha value is -1.02. The van der Waals surface area contributed by atoms with Crippen LogP contribution in [0.3, 0.4) is 0 Å². The van der Waals surface area contributed by atoms with Gasteiger partial charge in [0, 0.05) is 6.54 Å². The Balaban J connectivity index is 2.69. The van der Waals surface area contributed by atoms with Gasteiger partial charge in [-0.1, -0.05) is 32.9 Å². The van der Waals surface area contributed by atoms with Crippen LogP contribution >= 0.6 is 11.6 Å². The molecule has 0 radical (unpaired) electrons. The second kappa shape index (κ2) is 4.58. The van der Waals surface area contributed by atoms with Gasteiger partial charge in [-0.3, -0.25) is 0 Å². The van der Waals surface area contributed by atoms with Crippen molar-refractivity contribution in [1.29, 1.82) is 0 Å². The number of para-hydroxylation sites is 1. The van der Waals surface area contributed by atoms with Crippen LogP contribution in [0.2, 0.25) is 0 Å². The van der Waals surface area contributed by atoms with E-state index in [2.05, 4.69) is 55.4 Å². The molecule has 0 saturated carbocycles. The molecule has 2 nitrogen and oxygen atoms in total. The zero-order chi connectivity index (χ0) is 13.5. The second-order valence-electron chi connectivity index (χ2n) is 6.18. The van der Waals surface area contributed by atoms with Gasteiger partial charge >= 0.3 is 0 Å². The normalized spacial score (nSPS) is 14.1. The van der Waals surface area contributed by atoms with E-state index in [1.807, 2.05) is 6.92 Å². The van der Waals surface area contributed by atoms with E-state index in [-0.39, 0.29) is 10.8 Å². The molecule has 1 heterocycles. The van der Waals surface area contributed by atoms with Crippen LogP contribution in [0.15, 0.2) is 18.2 Å². The van der Waals surface area contributed by atoms with Crippen molar-refractivity contribution < 1.29 is 0 Å². The smallest absolute Gasteiger partial charge is 0.127 e. The third kappa shape index (κ3) is 2.54. The molecule has 1 aromatic heterocycles. The van der Waals surface area contributed by atoms with E-state index in [1.165, 1.54) is 11.1 Å². The van der Waals surface area contributed by atoms with Crippen LogP contribution in [-0.2, 0) is 6.54 Å². The molecule has 3 heteroatoms. The van der Waals surface area contributed by atoms with Gasteiger partial charge in [0.2, 0.25) is 0 Å². The van der Waals surface area contributed by atoms with E-state index in [0.717, 1.165) is 17.9 Å². The van der Waals surface area contributed by atoms with E-state index in [0.29, 0.717) is 0 Å². The van der Waals surface area contributed by atoms with E-state index in [4.69, 9.17) is 11.6 Å². The van der Waals surface area contributed by atoms with Gasteiger partial charge in [-0.25, -0.2) is 4.98 Å². The Morgan fingerprint density at radius 2 is 2.00 bits per heavy atom. The zero-order valence-electron chi connectivity index (χ0n) is 11.8. The monoisotopic (exact) mass is 264 g/mol. The van der Waals surface area contributed by atoms with Crippen molar-refractivity contribution in [3.05, 3.63) is 29.6 Å². The van der Waals surface area contributed by atoms with Crippen LogP contribution in [0.5, 0.6) is 0 Å². The molecule has 98 valence electrons. The molecule has 0 fully saturated rings. The number of imidazole rings is 1. The van der Waals surface area contributed by atoms with Gasteiger partial charge in [-0.2, -0.15) is 0 Å². The van der Waals surface area contributed by atoms with E-state index in [1.54, 1.807) is 0 Å². The molecule has 0 aliphatic rings. The SMILES string of the molecule is Cc1cccc2nc(C(C)Cl)n(CC(C)(C)C)c12. The van der Waals surface area contributed by atoms with Crippen molar-refractivity contribution in [2.45, 2.75) is 46.5 Å². The lowest BCUT2D eigenvalue weighted by atomic mass is 9.96. The number of aryl methyl sites for hydroxylation is 1. The quantitative estimate of drug-likeness (QED) is 0.720. The average Bonchev–Trinajstić information content (AvgIpc) is 2.56. The van der Waals surface area contributed by atoms with Gasteiger partial charge in [0.25, 0.3) is 0 Å². The largest absolute Gasteiger partial charge is 0.326 e. The van der Waals surface area contributed by atoms with E-state index < -0.39 is 0 Å². The molecule has 0 aliphatic carbocycles. The van der Waals surface area contributed by atoms with Crippen LogP contribution in [0.25, 0.3) is 11.0 Å². The number of alkyl halides is 1. The van der Waals surface area contributed by atoms with Gasteiger partial charge in [-0.15, -0.1) is 11.6 Å². The fourth-order valence-corrected chi connectivity index (χ4v) is 2.49. The van der Waals surface area contributed by atoms with Crippen molar-refractivity contribution >= 4 is 22.6 Å². The highest BCUT2D eigenvalue weighted by atomic mass is 35.5. The summed E-state index contributed by atoms with van der Waals surface area (Å²) in [6, 6.07) is 6.24. The molecule has 18 heavy (non-hydrogen) atoms. The summed E-state index contributed by atoms with van der Waals surface area (Å²) in [5.41, 5.74) is 3.72. The van der Waals surface area contributed by atoms with Gasteiger partial charge in [-0.05, 0) is 30.9 Å². The molecule has 1 atom stereocenters. The minimum atomic E-state index is -0.0702. The number of halogens is 1. The number of aromatic nitrogens is 2. The molecule has 0 aliphatic heterocycles. The molecule has 0 bridgehead atoms. The first kappa shape index (κ1) is 13.4. The Morgan fingerprint density at radius 3 is 2.56 bits per heavy atom. The average molecular weight is 265 g/mol. The van der Waals surface area contributed by atoms with Crippen molar-refractivity contribution in [3.63, 3.8) is 0 Å². The van der Waals surface area contributed by atoms with Gasteiger partial charge in [0.05, 0.1) is 16.4 Å². The number of hydrogen-bond donors (Lipinski definition) is 0. The summed E-state index contributed by atoms with van der Waals surface area (Å²) in [6.07, 6.45) is 0. The minimum absolute atomic E-state index is 0.0702. The van der Waals surface area contributed by atoms with Gasteiger partial charge < -0.3 is 4.57 Å². The van der Waals surface area contributed by atoms with E-state index in [9.17, 15) is 0 Å². The first-order valence-corrected chi connectivity index (χ1v) is 6.83. The maximum atomic E-state index is 6.28. The third-order valence-electron chi connectivity index (χ3n) is 2.99. The van der Waals surface area contributed by atoms with E-state index >= 15 is 0 Å². The highest BCUT2D eigenvalue weighted by Gasteiger charge is 2.20. The van der Waals surface area contributed by atoms with Crippen LogP contribution in [0.4, 0.5) is 0 Å². The number of benzene rings is 1. The highest BCUT2D eigenvalue weighted by Crippen LogP contribution is 2.29. The summed E-state index contributed by atoms with van der Waals surface area (Å²) in [7, 11) is 0. The Kier molecular flexibility index (Phi) is 3.41. The highest BCUT2D eigenvalue weighted by molar-refractivity contribution is 6.20. The molecule has 2 rings (SSSR count). The van der Waals surface area contributed by atoms with Crippen LogP contribution < -0.4 is 0 Å². The molecule has 1 aromatic carbocycles. The predicted octanol–water partition coefficient (Wildman–Crippen LogP) is 4.69. The first-order chi connectivity index (χ1) is 8.29. The Morgan fingerprint density at radius 1 is 1.33 bits per heavy atom. The summed E-state index contributed by atoms with van der Waals surface area (Å²) in [5.74, 6) is 0.968. The lowest BCUT2D eigenvalue weighted by Crippen LogP contribution is -2.18. The summed E-state index contributed by atoms with van der Waals surface area (Å²) in [6.45, 7) is 11.8. The van der Waals surface area contributed by atoms with Crippen LogP contribution in [-0.4, -0.2) is 9.55 Å². The standard InChI is InChI=1S/C15H21ClN2/c1-10-7-6-8-12-13(10)18(9-15(3,4)5)14(17-12)11(2)16/h6-8,11H,9H2,1-5H3. The second-order valence-corrected chi connectivity index (χ2v) is 6.83. The minimum Gasteiger partial charge on any atom is -0.326 e. The van der Waals surface area contributed by atoms with Crippen LogP contribution in [0.1, 0.15) is 44.5 Å². The van der Waals surface area contributed by atoms with Crippen molar-refractivity contribution in [3.8, 4) is 0 Å². The van der Waals surface area contributed by atoms with Crippen molar-refractivity contribution in [1.82, 2.24) is 9.55 Å². The third-order valence-corrected chi connectivity index (χ3v) is 3.18. The number of hydrogen-bond acceptors (Lipinski definition) is 1. The van der Waals surface area contributed by atoms with Crippen molar-refractivity contribution in [2.24, 2.45) is 5.41 Å². The van der Waals surface area contributed by atoms with Crippen molar-refractivity contribution in [2.75, 3.05) is 0 Å². The van der Waals surface area contributed by atoms with Gasteiger partial charge in [0.1, 0.15) is 5.82 Å². The first-order valence-electron chi connectivity index (χ1n) is 6.39. The molecule has 0 N–H and O–H groups in total. The lowest BCUT2D eigenvalue weighted by Gasteiger charge is -2.22. The molecular formula is C15H21ClN2. The number of fused-ring (bicyclic) bond motifs is 1. The fourth-order valence-electron chi connectivity index (χ4n) is 2.32.